The number of fused-ring (bicyclic) bond motifs is 1. The van der Waals surface area contributed by atoms with E-state index in [1.54, 1.807) is 19.2 Å². The minimum atomic E-state index is -0.376. The molecule has 0 radical (unpaired) electrons. The number of para-hydroxylation sites is 2. The zero-order chi connectivity index (χ0) is 19.5. The molecule has 6 nitrogen and oxygen atoms in total. The molecule has 1 fully saturated rings. The molecular weight excluding hydrogens is 359 g/mol. The van der Waals surface area contributed by atoms with E-state index in [2.05, 4.69) is 10.3 Å². The number of nitrogens with one attached hydrogen (secondary N) is 1. The molecule has 144 valence electrons. The lowest BCUT2D eigenvalue weighted by Gasteiger charge is -2.33. The van der Waals surface area contributed by atoms with E-state index >= 15 is 0 Å². The zero-order valence-electron chi connectivity index (χ0n) is 15.6. The molecule has 0 spiro atoms. The predicted molar refractivity (Wildman–Crippen MR) is 106 cm³/mol. The third kappa shape index (κ3) is 3.74. The van der Waals surface area contributed by atoms with Gasteiger partial charge in [0, 0.05) is 18.8 Å². The Labute approximate surface area is 162 Å². The van der Waals surface area contributed by atoms with Gasteiger partial charge in [0.05, 0.1) is 24.1 Å². The smallest absolute Gasteiger partial charge is 0.257 e. The highest BCUT2D eigenvalue weighted by atomic mass is 19.1. The molecule has 0 bridgehead atoms. The van der Waals surface area contributed by atoms with Crippen molar-refractivity contribution in [1.82, 2.24) is 9.97 Å². The maximum Gasteiger partial charge on any atom is 0.257 e. The maximum atomic E-state index is 13.4. The predicted octanol–water partition coefficient (Wildman–Crippen LogP) is 3.63. The first-order valence-electron chi connectivity index (χ1n) is 9.26. The van der Waals surface area contributed by atoms with Gasteiger partial charge in [-0.15, -0.1) is 0 Å². The summed E-state index contributed by atoms with van der Waals surface area (Å²) < 4.78 is 18.8. The van der Waals surface area contributed by atoms with E-state index in [0.717, 1.165) is 30.4 Å². The third-order valence-corrected chi connectivity index (χ3v) is 4.90. The summed E-state index contributed by atoms with van der Waals surface area (Å²) >= 11 is 0. The molecule has 1 atom stereocenters. The number of piperidine rings is 1. The summed E-state index contributed by atoms with van der Waals surface area (Å²) in [5.74, 6) is 0.367. The highest BCUT2D eigenvalue weighted by Gasteiger charge is 2.29. The quantitative estimate of drug-likeness (QED) is 0.749. The van der Waals surface area contributed by atoms with Gasteiger partial charge in [0.15, 0.2) is 5.82 Å². The summed E-state index contributed by atoms with van der Waals surface area (Å²) in [4.78, 5) is 24.0. The van der Waals surface area contributed by atoms with Gasteiger partial charge in [-0.25, -0.2) is 14.4 Å². The largest absolute Gasteiger partial charge is 0.478 e. The van der Waals surface area contributed by atoms with Crippen molar-refractivity contribution in [3.63, 3.8) is 0 Å². The average molecular weight is 380 g/mol. The lowest BCUT2D eigenvalue weighted by Crippen LogP contribution is -2.41. The number of halogens is 1. The van der Waals surface area contributed by atoms with Crippen LogP contribution in [0.4, 0.5) is 15.9 Å². The Hall–Kier alpha value is -3.22. The molecule has 2 aromatic carbocycles. The number of ether oxygens (including phenoxy) is 1. The van der Waals surface area contributed by atoms with Crippen LogP contribution in [0.2, 0.25) is 0 Å². The van der Waals surface area contributed by atoms with Crippen molar-refractivity contribution in [1.29, 1.82) is 0 Å². The van der Waals surface area contributed by atoms with Crippen molar-refractivity contribution in [2.24, 2.45) is 5.92 Å². The van der Waals surface area contributed by atoms with Gasteiger partial charge in [-0.2, -0.15) is 0 Å². The van der Waals surface area contributed by atoms with Gasteiger partial charge in [-0.3, -0.25) is 4.79 Å². The average Bonchev–Trinajstić information content (AvgIpc) is 2.73. The van der Waals surface area contributed by atoms with Crippen LogP contribution in [0.15, 0.2) is 48.5 Å². The van der Waals surface area contributed by atoms with Gasteiger partial charge in [-0.05, 0) is 43.2 Å². The molecule has 28 heavy (non-hydrogen) atoms. The third-order valence-electron chi connectivity index (χ3n) is 4.90. The van der Waals surface area contributed by atoms with Crippen LogP contribution >= 0.6 is 0 Å². The number of rotatable bonds is 4. The number of carbonyl (C=O) groups excluding carboxylic acids is 1. The Kier molecular flexibility index (Phi) is 5.06. The minimum Gasteiger partial charge on any atom is -0.478 e. The maximum absolute atomic E-state index is 13.4. The lowest BCUT2D eigenvalue weighted by atomic mass is 9.97. The highest BCUT2D eigenvalue weighted by molar-refractivity contribution is 5.93. The first kappa shape index (κ1) is 18.2. The summed E-state index contributed by atoms with van der Waals surface area (Å²) in [7, 11) is 1.57. The molecule has 1 amide bonds. The fourth-order valence-corrected chi connectivity index (χ4v) is 3.51. The molecule has 4 rings (SSSR count). The number of aromatic nitrogens is 2. The van der Waals surface area contributed by atoms with Gasteiger partial charge in [-0.1, -0.05) is 18.2 Å². The van der Waals surface area contributed by atoms with Crippen LogP contribution in [0, 0.1) is 11.7 Å². The van der Waals surface area contributed by atoms with Crippen molar-refractivity contribution in [3.8, 4) is 5.88 Å². The van der Waals surface area contributed by atoms with Gasteiger partial charge >= 0.3 is 0 Å². The number of amides is 1. The van der Waals surface area contributed by atoms with Crippen molar-refractivity contribution in [3.05, 3.63) is 54.3 Å². The van der Waals surface area contributed by atoms with Crippen molar-refractivity contribution in [2.45, 2.75) is 12.8 Å². The minimum absolute atomic E-state index is 0.122. The molecule has 0 saturated carbocycles. The number of nitrogens with zero attached hydrogens (tertiary/aromatic N) is 3. The van der Waals surface area contributed by atoms with Gasteiger partial charge in [0.2, 0.25) is 5.91 Å². The molecule has 1 N–H and O–H groups in total. The molecule has 1 aliphatic rings. The first-order chi connectivity index (χ1) is 13.6. The topological polar surface area (TPSA) is 67.4 Å². The van der Waals surface area contributed by atoms with Crippen LogP contribution in [0.5, 0.6) is 5.88 Å². The fourth-order valence-electron chi connectivity index (χ4n) is 3.51. The van der Waals surface area contributed by atoms with Gasteiger partial charge in [0.1, 0.15) is 5.82 Å². The number of hydrogen-bond donors (Lipinski definition) is 1. The van der Waals surface area contributed by atoms with Crippen molar-refractivity contribution in [2.75, 3.05) is 30.4 Å². The van der Waals surface area contributed by atoms with E-state index in [1.165, 1.54) is 12.1 Å². The molecule has 0 unspecified atom stereocenters. The van der Waals surface area contributed by atoms with Gasteiger partial charge in [0.25, 0.3) is 5.88 Å². The fraction of sp³-hybridized carbons (Fsp3) is 0.286. The summed E-state index contributed by atoms with van der Waals surface area (Å²) in [5, 5.41) is 2.81. The molecule has 1 saturated heterocycles. The van der Waals surface area contributed by atoms with E-state index < -0.39 is 0 Å². The SMILES string of the molecule is COc1nc2ccccc2nc1N1CCC[C@H](C(=O)Nc2cccc(F)c2)C1. The van der Waals surface area contributed by atoms with E-state index in [9.17, 15) is 9.18 Å². The molecule has 1 aliphatic heterocycles. The zero-order valence-corrected chi connectivity index (χ0v) is 15.6. The Bertz CT molecular complexity index is 1010. The second-order valence-corrected chi connectivity index (χ2v) is 6.83. The molecule has 2 heterocycles. The van der Waals surface area contributed by atoms with E-state index in [-0.39, 0.29) is 17.6 Å². The van der Waals surface area contributed by atoms with Crippen LogP contribution in [-0.2, 0) is 4.79 Å². The number of hydrogen-bond acceptors (Lipinski definition) is 5. The number of methoxy groups -OCH3 is 1. The molecule has 0 aliphatic carbocycles. The molecular formula is C21H21FN4O2. The van der Waals surface area contributed by atoms with Crippen LogP contribution in [-0.4, -0.2) is 36.1 Å². The standard InChI is InChI=1S/C21H21FN4O2/c1-28-21-19(24-17-9-2-3-10-18(17)25-21)26-11-5-6-14(13-26)20(27)23-16-8-4-7-15(22)12-16/h2-4,7-10,12,14H,5-6,11,13H2,1H3,(H,23,27)/t14-/m0/s1. The number of anilines is 2. The lowest BCUT2D eigenvalue weighted by molar-refractivity contribution is -0.120. The second kappa shape index (κ2) is 7.80. The van der Waals surface area contributed by atoms with Crippen molar-refractivity contribution < 1.29 is 13.9 Å². The van der Waals surface area contributed by atoms with Crippen LogP contribution in [0.1, 0.15) is 12.8 Å². The number of carbonyl (C=O) groups is 1. The summed E-state index contributed by atoms with van der Waals surface area (Å²) in [5.41, 5.74) is 2.01. The Morgan fingerprint density at radius 3 is 2.71 bits per heavy atom. The van der Waals surface area contributed by atoms with E-state index in [1.807, 2.05) is 29.2 Å². The van der Waals surface area contributed by atoms with Crippen molar-refractivity contribution >= 4 is 28.4 Å². The number of benzene rings is 2. The summed E-state index contributed by atoms with van der Waals surface area (Å²) in [6, 6.07) is 13.5. The molecule has 3 aromatic rings. The highest BCUT2D eigenvalue weighted by Crippen LogP contribution is 2.30. The van der Waals surface area contributed by atoms with E-state index in [4.69, 9.17) is 9.72 Å². The normalized spacial score (nSPS) is 16.8. The Morgan fingerprint density at radius 1 is 1.18 bits per heavy atom. The summed E-state index contributed by atoms with van der Waals surface area (Å²) in [6.07, 6.45) is 1.61. The first-order valence-corrected chi connectivity index (χ1v) is 9.26. The Balaban J connectivity index is 1.55. The van der Waals surface area contributed by atoms with Crippen LogP contribution in [0.3, 0.4) is 0 Å². The summed E-state index contributed by atoms with van der Waals surface area (Å²) in [6.45, 7) is 1.28. The monoisotopic (exact) mass is 380 g/mol. The van der Waals surface area contributed by atoms with Crippen LogP contribution < -0.4 is 15.0 Å². The van der Waals surface area contributed by atoms with E-state index in [0.29, 0.717) is 23.9 Å². The second-order valence-electron chi connectivity index (χ2n) is 6.83. The van der Waals surface area contributed by atoms with Gasteiger partial charge < -0.3 is 15.0 Å². The molecule has 1 aromatic heterocycles. The Morgan fingerprint density at radius 2 is 1.96 bits per heavy atom. The molecule has 7 heteroatoms. The van der Waals surface area contributed by atoms with Crippen LogP contribution in [0.25, 0.3) is 11.0 Å².